The van der Waals surface area contributed by atoms with Gasteiger partial charge < -0.3 is 20.3 Å². The first-order valence-corrected chi connectivity index (χ1v) is 6.83. The van der Waals surface area contributed by atoms with E-state index in [-0.39, 0.29) is 18.5 Å². The van der Waals surface area contributed by atoms with Gasteiger partial charge in [-0.1, -0.05) is 18.2 Å². The number of aliphatic carboxylic acids is 1. The highest BCUT2D eigenvalue weighted by Gasteiger charge is 2.40. The number of nitrogens with two attached hydrogens (primary N) is 1. The molecule has 0 aliphatic carbocycles. The fourth-order valence-corrected chi connectivity index (χ4v) is 2.23. The Kier molecular flexibility index (Phi) is 7.28. The van der Waals surface area contributed by atoms with Gasteiger partial charge in [-0.3, -0.25) is 4.79 Å². The topological polar surface area (TPSA) is 81.8 Å². The lowest BCUT2D eigenvalue weighted by atomic mass is 9.76. The third kappa shape index (κ3) is 4.49. The minimum Gasteiger partial charge on any atom is -0.481 e. The van der Waals surface area contributed by atoms with Gasteiger partial charge in [-0.15, -0.1) is 0 Å². The molecule has 0 aliphatic heterocycles. The lowest BCUT2D eigenvalue weighted by molar-refractivity contribution is -0.144. The van der Waals surface area contributed by atoms with Crippen LogP contribution in [-0.4, -0.2) is 44.6 Å². The second kappa shape index (κ2) is 8.71. The molecule has 6 heteroatoms. The summed E-state index contributed by atoms with van der Waals surface area (Å²) in [4.78, 5) is 11.7. The maximum atomic E-state index is 13.9. The summed E-state index contributed by atoms with van der Waals surface area (Å²) in [5, 5.41) is 9.53. The standard InChI is InChI=1S/C15H22FNO4/c1-20-9-10-21-8-4-7-15(11-17,14(18)19)12-5-2-3-6-13(12)16/h2-3,5-6H,4,7-11,17H2,1H3,(H,18,19). The van der Waals surface area contributed by atoms with Gasteiger partial charge >= 0.3 is 5.97 Å². The summed E-state index contributed by atoms with van der Waals surface area (Å²) in [5.41, 5.74) is 4.37. The summed E-state index contributed by atoms with van der Waals surface area (Å²) in [7, 11) is 1.57. The Hall–Kier alpha value is -1.50. The van der Waals surface area contributed by atoms with Gasteiger partial charge in [-0.25, -0.2) is 4.39 Å². The van der Waals surface area contributed by atoms with Crippen molar-refractivity contribution in [2.45, 2.75) is 18.3 Å². The Labute approximate surface area is 123 Å². The summed E-state index contributed by atoms with van der Waals surface area (Å²) < 4.78 is 24.1. The van der Waals surface area contributed by atoms with Gasteiger partial charge in [0.25, 0.3) is 0 Å². The molecule has 0 amide bonds. The van der Waals surface area contributed by atoms with Crippen LogP contribution in [-0.2, 0) is 19.7 Å². The van der Waals surface area contributed by atoms with Crippen molar-refractivity contribution in [3.8, 4) is 0 Å². The van der Waals surface area contributed by atoms with Crippen LogP contribution in [0.2, 0.25) is 0 Å². The molecule has 0 saturated carbocycles. The number of ether oxygens (including phenoxy) is 2. The fraction of sp³-hybridized carbons (Fsp3) is 0.533. The van der Waals surface area contributed by atoms with Gasteiger partial charge in [0.05, 0.1) is 13.2 Å². The summed E-state index contributed by atoms with van der Waals surface area (Å²) in [6.45, 7) is 1.14. The monoisotopic (exact) mass is 299 g/mol. The Morgan fingerprint density at radius 3 is 2.62 bits per heavy atom. The molecule has 0 aromatic heterocycles. The van der Waals surface area contributed by atoms with E-state index < -0.39 is 17.2 Å². The Morgan fingerprint density at radius 2 is 2.05 bits per heavy atom. The quantitative estimate of drug-likeness (QED) is 0.641. The number of rotatable bonds is 10. The molecule has 1 unspecified atom stereocenters. The first-order valence-electron chi connectivity index (χ1n) is 6.83. The molecule has 0 heterocycles. The van der Waals surface area contributed by atoms with Crippen molar-refractivity contribution < 1.29 is 23.8 Å². The highest BCUT2D eigenvalue weighted by molar-refractivity contribution is 5.81. The van der Waals surface area contributed by atoms with Gasteiger partial charge in [0.1, 0.15) is 11.2 Å². The molecular weight excluding hydrogens is 277 g/mol. The van der Waals surface area contributed by atoms with Crippen molar-refractivity contribution in [3.63, 3.8) is 0 Å². The van der Waals surface area contributed by atoms with Crippen molar-refractivity contribution in [2.75, 3.05) is 33.5 Å². The van der Waals surface area contributed by atoms with E-state index in [0.29, 0.717) is 26.2 Å². The second-order valence-electron chi connectivity index (χ2n) is 4.78. The van der Waals surface area contributed by atoms with Crippen LogP contribution < -0.4 is 5.73 Å². The molecule has 21 heavy (non-hydrogen) atoms. The average molecular weight is 299 g/mol. The van der Waals surface area contributed by atoms with Crippen LogP contribution in [0.3, 0.4) is 0 Å². The average Bonchev–Trinajstić information content (AvgIpc) is 2.48. The number of carboxylic acids is 1. The summed E-state index contributed by atoms with van der Waals surface area (Å²) in [5.74, 6) is -1.67. The van der Waals surface area contributed by atoms with Gasteiger partial charge in [0, 0.05) is 25.8 Å². The van der Waals surface area contributed by atoms with Crippen molar-refractivity contribution in [1.29, 1.82) is 0 Å². The molecular formula is C15H22FNO4. The molecule has 5 nitrogen and oxygen atoms in total. The minimum absolute atomic E-state index is 0.122. The zero-order valence-corrected chi connectivity index (χ0v) is 12.2. The van der Waals surface area contributed by atoms with Crippen LogP contribution in [0.25, 0.3) is 0 Å². The molecule has 0 spiro atoms. The number of carboxylic acid groups (broad SMARTS) is 1. The smallest absolute Gasteiger partial charge is 0.315 e. The number of halogens is 1. The van der Waals surface area contributed by atoms with Gasteiger partial charge in [-0.05, 0) is 18.9 Å². The highest BCUT2D eigenvalue weighted by Crippen LogP contribution is 2.31. The van der Waals surface area contributed by atoms with Gasteiger partial charge in [-0.2, -0.15) is 0 Å². The number of benzene rings is 1. The maximum Gasteiger partial charge on any atom is 0.315 e. The Bertz CT molecular complexity index is 455. The van der Waals surface area contributed by atoms with E-state index in [1.165, 1.54) is 18.2 Å². The number of hydrogen-bond donors (Lipinski definition) is 2. The first-order chi connectivity index (χ1) is 10.1. The molecule has 1 aromatic carbocycles. The molecule has 1 rings (SSSR count). The summed E-state index contributed by atoms with van der Waals surface area (Å²) in [6, 6.07) is 5.86. The number of carbonyl (C=O) groups is 1. The van der Waals surface area contributed by atoms with Crippen LogP contribution in [0.5, 0.6) is 0 Å². The van der Waals surface area contributed by atoms with Gasteiger partial charge in [0.15, 0.2) is 0 Å². The molecule has 1 atom stereocenters. The molecule has 0 aliphatic rings. The second-order valence-corrected chi connectivity index (χ2v) is 4.78. The van der Waals surface area contributed by atoms with Crippen LogP contribution in [0.4, 0.5) is 4.39 Å². The molecule has 0 radical (unpaired) electrons. The van der Waals surface area contributed by atoms with E-state index >= 15 is 0 Å². The zero-order valence-electron chi connectivity index (χ0n) is 12.2. The van der Waals surface area contributed by atoms with Crippen molar-refractivity contribution in [3.05, 3.63) is 35.6 Å². The predicted octanol–water partition coefficient (Wildman–Crippen LogP) is 1.55. The van der Waals surface area contributed by atoms with E-state index in [1.54, 1.807) is 13.2 Å². The molecule has 0 saturated heterocycles. The lowest BCUT2D eigenvalue weighted by Gasteiger charge is -2.28. The SMILES string of the molecule is COCCOCCCC(CN)(C(=O)O)c1ccccc1F. The first kappa shape index (κ1) is 17.6. The normalized spacial score (nSPS) is 13.9. The molecule has 118 valence electrons. The summed E-state index contributed by atoms with van der Waals surface area (Å²) in [6.07, 6.45) is 0.689. The summed E-state index contributed by atoms with van der Waals surface area (Å²) >= 11 is 0. The van der Waals surface area contributed by atoms with Crippen LogP contribution >= 0.6 is 0 Å². The predicted molar refractivity (Wildman–Crippen MR) is 76.7 cm³/mol. The van der Waals surface area contributed by atoms with Gasteiger partial charge in [0.2, 0.25) is 0 Å². The lowest BCUT2D eigenvalue weighted by Crippen LogP contribution is -2.44. The molecule has 0 bridgehead atoms. The fourth-order valence-electron chi connectivity index (χ4n) is 2.23. The van der Waals surface area contributed by atoms with Crippen molar-refractivity contribution in [2.24, 2.45) is 5.73 Å². The Balaban J connectivity index is 2.76. The van der Waals surface area contributed by atoms with Crippen LogP contribution in [0.1, 0.15) is 18.4 Å². The van der Waals surface area contributed by atoms with Crippen molar-refractivity contribution in [1.82, 2.24) is 0 Å². The van der Waals surface area contributed by atoms with Crippen LogP contribution in [0.15, 0.2) is 24.3 Å². The van der Waals surface area contributed by atoms with E-state index in [1.807, 2.05) is 0 Å². The Morgan fingerprint density at radius 1 is 1.33 bits per heavy atom. The number of hydrogen-bond acceptors (Lipinski definition) is 4. The van der Waals surface area contributed by atoms with Crippen molar-refractivity contribution >= 4 is 5.97 Å². The van der Waals surface area contributed by atoms with E-state index in [2.05, 4.69) is 0 Å². The largest absolute Gasteiger partial charge is 0.481 e. The molecule has 1 aromatic rings. The minimum atomic E-state index is -1.42. The van der Waals surface area contributed by atoms with E-state index in [4.69, 9.17) is 15.2 Å². The van der Waals surface area contributed by atoms with E-state index in [9.17, 15) is 14.3 Å². The maximum absolute atomic E-state index is 13.9. The van der Waals surface area contributed by atoms with Crippen LogP contribution in [0, 0.1) is 5.82 Å². The molecule has 3 N–H and O–H groups in total. The van der Waals surface area contributed by atoms with E-state index in [0.717, 1.165) is 0 Å². The highest BCUT2D eigenvalue weighted by atomic mass is 19.1. The zero-order chi connectivity index (χ0) is 15.7. The third-order valence-corrected chi connectivity index (χ3v) is 3.47. The molecule has 0 fully saturated rings. The third-order valence-electron chi connectivity index (χ3n) is 3.47. The number of methoxy groups -OCH3 is 1.